The van der Waals surface area contributed by atoms with Crippen LogP contribution in [0.2, 0.25) is 10.0 Å². The molecule has 1 atom stereocenters. The first-order valence-electron chi connectivity index (χ1n) is 10.5. The smallest absolute Gasteiger partial charge is 0.310 e. The number of aromatic nitrogens is 1. The van der Waals surface area contributed by atoms with Crippen LogP contribution in [0.15, 0.2) is 48.5 Å². The van der Waals surface area contributed by atoms with Gasteiger partial charge in [-0.25, -0.2) is 0 Å². The van der Waals surface area contributed by atoms with Crippen molar-refractivity contribution < 1.29 is 23.8 Å². The molecule has 172 valence electrons. The molecule has 0 amide bonds. The summed E-state index contributed by atoms with van der Waals surface area (Å²) in [4.78, 5) is 25.0. The summed E-state index contributed by atoms with van der Waals surface area (Å²) >= 11 is 12.0. The molecule has 3 aromatic rings. The molecule has 0 spiro atoms. The summed E-state index contributed by atoms with van der Waals surface area (Å²) in [6.45, 7) is 4.41. The van der Waals surface area contributed by atoms with Crippen LogP contribution >= 0.6 is 23.2 Å². The zero-order valence-corrected chi connectivity index (χ0v) is 19.8. The number of rotatable bonds is 7. The molecule has 0 N–H and O–H groups in total. The number of benzene rings is 2. The number of ketones is 1. The summed E-state index contributed by atoms with van der Waals surface area (Å²) in [7, 11) is 0. The monoisotopic (exact) mass is 487 g/mol. The molecule has 4 rings (SSSR count). The molecule has 2 aromatic carbocycles. The first-order valence-corrected chi connectivity index (χ1v) is 11.3. The van der Waals surface area contributed by atoms with Crippen LogP contribution in [0.5, 0.6) is 11.5 Å². The van der Waals surface area contributed by atoms with Crippen LogP contribution in [0.3, 0.4) is 0 Å². The fourth-order valence-corrected chi connectivity index (χ4v) is 4.29. The van der Waals surface area contributed by atoms with E-state index in [1.807, 2.05) is 42.7 Å². The second-order valence-electron chi connectivity index (χ2n) is 7.89. The highest BCUT2D eigenvalue weighted by Crippen LogP contribution is 2.31. The first kappa shape index (κ1) is 23.2. The minimum Gasteiger partial charge on any atom is -0.486 e. The number of carbonyl (C=O) groups excluding carboxylic acids is 2. The summed E-state index contributed by atoms with van der Waals surface area (Å²) in [5.41, 5.74) is 2.81. The van der Waals surface area contributed by atoms with Crippen molar-refractivity contribution in [1.82, 2.24) is 4.57 Å². The minimum atomic E-state index is -0.534. The summed E-state index contributed by atoms with van der Waals surface area (Å²) in [5, 5.41) is 0.864. The normalized spacial score (nSPS) is 14.7. The molecule has 0 fully saturated rings. The van der Waals surface area contributed by atoms with Gasteiger partial charge in [-0.05, 0) is 49.7 Å². The highest BCUT2D eigenvalue weighted by molar-refractivity contribution is 6.35. The van der Waals surface area contributed by atoms with E-state index in [4.69, 9.17) is 37.4 Å². The molecule has 0 unspecified atom stereocenters. The fraction of sp³-hybridized carbons (Fsp3) is 0.280. The van der Waals surface area contributed by atoms with Crippen LogP contribution in [0.4, 0.5) is 0 Å². The summed E-state index contributed by atoms with van der Waals surface area (Å²) in [6.07, 6.45) is -0.224. The number of Topliss-reactive ketones (excluding diaryl/α,β-unsaturated/α-hetero) is 1. The molecule has 8 heteroatoms. The molecule has 1 aliphatic rings. The van der Waals surface area contributed by atoms with E-state index in [0.29, 0.717) is 40.1 Å². The molecule has 1 aromatic heterocycles. The molecule has 0 bridgehead atoms. The first-order chi connectivity index (χ1) is 15.8. The predicted octanol–water partition coefficient (Wildman–Crippen LogP) is 5.22. The molecule has 33 heavy (non-hydrogen) atoms. The van der Waals surface area contributed by atoms with Crippen molar-refractivity contribution in [1.29, 1.82) is 0 Å². The average Bonchev–Trinajstić information content (AvgIpc) is 3.07. The van der Waals surface area contributed by atoms with Crippen molar-refractivity contribution in [3.63, 3.8) is 0 Å². The zero-order chi connectivity index (χ0) is 23.5. The van der Waals surface area contributed by atoms with Gasteiger partial charge in [0.25, 0.3) is 0 Å². The number of nitrogens with zero attached hydrogens (tertiary/aromatic N) is 1. The van der Waals surface area contributed by atoms with E-state index in [9.17, 15) is 9.59 Å². The van der Waals surface area contributed by atoms with Gasteiger partial charge in [-0.1, -0.05) is 41.4 Å². The topological polar surface area (TPSA) is 66.8 Å². The number of esters is 1. The lowest BCUT2D eigenvalue weighted by molar-refractivity contribution is -0.141. The van der Waals surface area contributed by atoms with Gasteiger partial charge >= 0.3 is 5.97 Å². The van der Waals surface area contributed by atoms with Gasteiger partial charge in [-0.15, -0.1) is 0 Å². The van der Waals surface area contributed by atoms with Gasteiger partial charge in [-0.2, -0.15) is 0 Å². The number of fused-ring (bicyclic) bond motifs is 1. The van der Waals surface area contributed by atoms with Crippen molar-refractivity contribution >= 4 is 35.0 Å². The van der Waals surface area contributed by atoms with Crippen LogP contribution < -0.4 is 9.47 Å². The third-order valence-electron chi connectivity index (χ3n) is 5.54. The Kier molecular flexibility index (Phi) is 6.96. The van der Waals surface area contributed by atoms with Gasteiger partial charge in [-0.3, -0.25) is 9.59 Å². The van der Waals surface area contributed by atoms with Gasteiger partial charge in [0.05, 0.1) is 13.0 Å². The van der Waals surface area contributed by atoms with Crippen molar-refractivity contribution in [3.05, 3.63) is 81.1 Å². The van der Waals surface area contributed by atoms with Gasteiger partial charge in [0, 0.05) is 27.0 Å². The fourth-order valence-electron chi connectivity index (χ4n) is 3.82. The molecular weight excluding hydrogens is 465 g/mol. The Balaban J connectivity index is 1.37. The van der Waals surface area contributed by atoms with E-state index in [0.717, 1.165) is 17.1 Å². The van der Waals surface area contributed by atoms with Gasteiger partial charge in [0.15, 0.2) is 24.2 Å². The maximum absolute atomic E-state index is 12.8. The van der Waals surface area contributed by atoms with Crippen LogP contribution in [0.1, 0.15) is 27.3 Å². The summed E-state index contributed by atoms with van der Waals surface area (Å²) < 4.78 is 19.1. The summed E-state index contributed by atoms with van der Waals surface area (Å²) in [5.74, 6) is 0.636. The third kappa shape index (κ3) is 5.34. The quantitative estimate of drug-likeness (QED) is 0.337. The average molecular weight is 488 g/mol. The number of aryl methyl sites for hydroxylation is 1. The number of para-hydroxylation sites is 2. The van der Waals surface area contributed by atoms with Crippen molar-refractivity contribution in [2.75, 3.05) is 13.2 Å². The van der Waals surface area contributed by atoms with Crippen molar-refractivity contribution in [2.45, 2.75) is 32.9 Å². The lowest BCUT2D eigenvalue weighted by Gasteiger charge is -2.27. The van der Waals surface area contributed by atoms with Crippen LogP contribution in [-0.2, 0) is 22.5 Å². The van der Waals surface area contributed by atoms with Crippen LogP contribution in [0, 0.1) is 13.8 Å². The Morgan fingerprint density at radius 2 is 1.85 bits per heavy atom. The van der Waals surface area contributed by atoms with E-state index < -0.39 is 5.97 Å². The van der Waals surface area contributed by atoms with Crippen molar-refractivity contribution in [3.8, 4) is 11.5 Å². The third-order valence-corrected chi connectivity index (χ3v) is 6.13. The largest absolute Gasteiger partial charge is 0.486 e. The Hall–Kier alpha value is -2.96. The maximum atomic E-state index is 12.8. The second kappa shape index (κ2) is 9.89. The number of hydrogen-bond acceptors (Lipinski definition) is 5. The Labute approximate surface area is 202 Å². The molecule has 6 nitrogen and oxygen atoms in total. The SMILES string of the molecule is Cc1cc(C(=O)COC(=O)Cc2ccc(Cl)cc2Cl)c(C)n1C[C@H]1COc2ccccc2O1. The highest BCUT2D eigenvalue weighted by atomic mass is 35.5. The van der Waals surface area contributed by atoms with E-state index in [1.54, 1.807) is 24.3 Å². The Morgan fingerprint density at radius 3 is 2.61 bits per heavy atom. The number of hydrogen-bond donors (Lipinski definition) is 0. The molecular formula is C25H23Cl2NO5. The molecule has 0 saturated heterocycles. The van der Waals surface area contributed by atoms with Crippen LogP contribution in [0.25, 0.3) is 0 Å². The number of ether oxygens (including phenoxy) is 3. The van der Waals surface area contributed by atoms with E-state index in [2.05, 4.69) is 0 Å². The molecule has 2 heterocycles. The molecule has 0 aliphatic carbocycles. The number of carbonyl (C=O) groups is 2. The van der Waals surface area contributed by atoms with Crippen molar-refractivity contribution in [2.24, 2.45) is 0 Å². The van der Waals surface area contributed by atoms with Gasteiger partial charge in [0.1, 0.15) is 6.61 Å². The van der Waals surface area contributed by atoms with Gasteiger partial charge in [0.2, 0.25) is 5.78 Å². The maximum Gasteiger partial charge on any atom is 0.310 e. The second-order valence-corrected chi connectivity index (χ2v) is 8.73. The summed E-state index contributed by atoms with van der Waals surface area (Å²) in [6, 6.07) is 14.2. The Morgan fingerprint density at radius 1 is 1.09 bits per heavy atom. The highest BCUT2D eigenvalue weighted by Gasteiger charge is 2.24. The van der Waals surface area contributed by atoms with Crippen LogP contribution in [-0.4, -0.2) is 35.6 Å². The van der Waals surface area contributed by atoms with Gasteiger partial charge < -0.3 is 18.8 Å². The van der Waals surface area contributed by atoms with E-state index >= 15 is 0 Å². The lowest BCUT2D eigenvalue weighted by Crippen LogP contribution is -2.33. The minimum absolute atomic E-state index is 0.0389. The van der Waals surface area contributed by atoms with E-state index in [1.165, 1.54) is 0 Å². The lowest BCUT2D eigenvalue weighted by atomic mass is 10.1. The Bertz CT molecular complexity index is 1200. The van der Waals surface area contributed by atoms with E-state index in [-0.39, 0.29) is 24.9 Å². The standard InChI is InChI=1S/C25H23Cl2NO5/c1-15-9-20(22(29)14-32-25(30)10-17-7-8-18(26)11-21(17)27)16(2)28(15)12-19-13-31-23-5-3-4-6-24(23)33-19/h3-9,11,19H,10,12-14H2,1-2H3/t19-/m0/s1. The predicted molar refractivity (Wildman–Crippen MR) is 126 cm³/mol. The zero-order valence-electron chi connectivity index (χ0n) is 18.3. The molecule has 0 radical (unpaired) electrons. The molecule has 0 saturated carbocycles. The number of halogens is 2. The molecule has 1 aliphatic heterocycles.